The lowest BCUT2D eigenvalue weighted by Gasteiger charge is -2.12. The monoisotopic (exact) mass is 270 g/mol. The number of aromatic hydroxyl groups is 1. The molecule has 0 radical (unpaired) electrons. The van der Waals surface area contributed by atoms with Gasteiger partial charge in [0.15, 0.2) is 0 Å². The highest BCUT2D eigenvalue weighted by molar-refractivity contribution is 6.07. The van der Waals surface area contributed by atoms with Crippen LogP contribution in [0.15, 0.2) is 30.3 Å². The highest BCUT2D eigenvalue weighted by atomic mass is 16.3. The van der Waals surface area contributed by atoms with E-state index in [2.05, 4.69) is 5.32 Å². The van der Waals surface area contributed by atoms with Gasteiger partial charge in [-0.1, -0.05) is 11.6 Å². The van der Waals surface area contributed by atoms with Crippen molar-refractivity contribution in [3.63, 3.8) is 0 Å². The molecule has 4 N–H and O–H groups in total. The Kier molecular flexibility index (Phi) is 3.66. The number of carbonyl (C=O) groups is 1. The maximum Gasteiger partial charge on any atom is 0.259 e. The van der Waals surface area contributed by atoms with Gasteiger partial charge in [0.05, 0.1) is 16.9 Å². The van der Waals surface area contributed by atoms with Crippen molar-refractivity contribution in [2.45, 2.75) is 20.8 Å². The van der Waals surface area contributed by atoms with Gasteiger partial charge in [-0.25, -0.2) is 0 Å². The van der Waals surface area contributed by atoms with E-state index in [0.29, 0.717) is 11.4 Å². The molecule has 0 aliphatic heterocycles. The van der Waals surface area contributed by atoms with Gasteiger partial charge in [-0.05, 0) is 56.2 Å². The first-order chi connectivity index (χ1) is 9.38. The third kappa shape index (κ3) is 2.74. The summed E-state index contributed by atoms with van der Waals surface area (Å²) in [6.45, 7) is 5.78. The summed E-state index contributed by atoms with van der Waals surface area (Å²) < 4.78 is 0. The van der Waals surface area contributed by atoms with Crippen molar-refractivity contribution in [3.8, 4) is 5.75 Å². The van der Waals surface area contributed by atoms with Crippen LogP contribution in [0.25, 0.3) is 0 Å². The largest absolute Gasteiger partial charge is 0.507 e. The Hall–Kier alpha value is -2.49. The molecule has 0 fully saturated rings. The molecule has 1 amide bonds. The van der Waals surface area contributed by atoms with Crippen LogP contribution in [0.2, 0.25) is 0 Å². The molecular weight excluding hydrogens is 252 g/mol. The van der Waals surface area contributed by atoms with Crippen molar-refractivity contribution >= 4 is 17.3 Å². The molecule has 4 nitrogen and oxygen atoms in total. The highest BCUT2D eigenvalue weighted by Crippen LogP contribution is 2.25. The molecule has 0 aromatic heterocycles. The van der Waals surface area contributed by atoms with Gasteiger partial charge in [0.2, 0.25) is 0 Å². The minimum absolute atomic E-state index is 0.0458. The summed E-state index contributed by atoms with van der Waals surface area (Å²) in [6.07, 6.45) is 0. The first kappa shape index (κ1) is 13.9. The zero-order chi connectivity index (χ0) is 14.9. The molecule has 4 heteroatoms. The van der Waals surface area contributed by atoms with E-state index in [1.165, 1.54) is 6.07 Å². The number of aryl methyl sites for hydroxylation is 3. The number of anilines is 2. The molecule has 0 atom stereocenters. The second-order valence-corrected chi connectivity index (χ2v) is 5.00. The van der Waals surface area contributed by atoms with Crippen LogP contribution in [0.5, 0.6) is 5.75 Å². The second kappa shape index (κ2) is 5.25. The van der Waals surface area contributed by atoms with E-state index in [1.54, 1.807) is 12.1 Å². The summed E-state index contributed by atoms with van der Waals surface area (Å²) in [5, 5.41) is 12.5. The molecule has 0 saturated heterocycles. The van der Waals surface area contributed by atoms with Crippen LogP contribution >= 0.6 is 0 Å². The van der Waals surface area contributed by atoms with Crippen LogP contribution in [0.1, 0.15) is 27.0 Å². The van der Waals surface area contributed by atoms with Gasteiger partial charge in [0.1, 0.15) is 5.75 Å². The normalized spacial score (nSPS) is 10.3. The topological polar surface area (TPSA) is 75.3 Å². The van der Waals surface area contributed by atoms with Crippen LogP contribution < -0.4 is 11.1 Å². The smallest absolute Gasteiger partial charge is 0.259 e. The van der Waals surface area contributed by atoms with Crippen molar-refractivity contribution in [1.82, 2.24) is 0 Å². The number of nitrogens with one attached hydrogen (secondary N) is 1. The SMILES string of the molecule is Cc1ccc(O)c(C(=O)Nc2cc(C)c(C)cc2N)c1. The van der Waals surface area contributed by atoms with Gasteiger partial charge < -0.3 is 16.2 Å². The fraction of sp³-hybridized carbons (Fsp3) is 0.188. The number of phenols is 1. The quantitative estimate of drug-likeness (QED) is 0.734. The molecular formula is C16H18N2O2. The Morgan fingerprint density at radius 1 is 1.10 bits per heavy atom. The molecule has 0 saturated carbocycles. The molecule has 2 aromatic rings. The Morgan fingerprint density at radius 3 is 2.45 bits per heavy atom. The third-order valence-electron chi connectivity index (χ3n) is 3.31. The Bertz CT molecular complexity index is 678. The maximum atomic E-state index is 12.2. The van der Waals surface area contributed by atoms with E-state index in [-0.39, 0.29) is 17.2 Å². The minimum Gasteiger partial charge on any atom is -0.507 e. The molecule has 104 valence electrons. The summed E-state index contributed by atoms with van der Waals surface area (Å²) in [7, 11) is 0. The van der Waals surface area contributed by atoms with Gasteiger partial charge in [-0.3, -0.25) is 4.79 Å². The van der Waals surface area contributed by atoms with Gasteiger partial charge in [-0.15, -0.1) is 0 Å². The average molecular weight is 270 g/mol. The lowest BCUT2D eigenvalue weighted by molar-refractivity contribution is 0.102. The van der Waals surface area contributed by atoms with E-state index >= 15 is 0 Å². The van der Waals surface area contributed by atoms with Crippen LogP contribution in [-0.4, -0.2) is 11.0 Å². The standard InChI is InChI=1S/C16H18N2O2/c1-9-4-5-15(19)12(6-9)16(20)18-14-8-11(3)10(2)7-13(14)17/h4-8,19H,17H2,1-3H3,(H,18,20). The van der Waals surface area contributed by atoms with Gasteiger partial charge in [-0.2, -0.15) is 0 Å². The van der Waals surface area contributed by atoms with Crippen molar-refractivity contribution in [2.24, 2.45) is 0 Å². The van der Waals surface area contributed by atoms with E-state index in [4.69, 9.17) is 5.73 Å². The molecule has 20 heavy (non-hydrogen) atoms. The molecule has 0 aliphatic carbocycles. The second-order valence-electron chi connectivity index (χ2n) is 5.00. The maximum absolute atomic E-state index is 12.2. The predicted molar refractivity (Wildman–Crippen MR) is 81.1 cm³/mol. The number of carbonyl (C=O) groups excluding carboxylic acids is 1. The van der Waals surface area contributed by atoms with Gasteiger partial charge in [0, 0.05) is 0 Å². The summed E-state index contributed by atoms with van der Waals surface area (Å²) in [5.41, 5.74) is 10.2. The number of hydrogen-bond acceptors (Lipinski definition) is 3. The Labute approximate surface area is 118 Å². The molecule has 0 aliphatic rings. The minimum atomic E-state index is -0.374. The zero-order valence-corrected chi connectivity index (χ0v) is 11.8. The van der Waals surface area contributed by atoms with Crippen molar-refractivity contribution in [1.29, 1.82) is 0 Å². The van der Waals surface area contributed by atoms with Crippen LogP contribution in [0.3, 0.4) is 0 Å². The Balaban J connectivity index is 2.32. The molecule has 2 aromatic carbocycles. The van der Waals surface area contributed by atoms with Gasteiger partial charge in [0.25, 0.3) is 5.91 Å². The number of rotatable bonds is 2. The van der Waals surface area contributed by atoms with Crippen molar-refractivity contribution in [3.05, 3.63) is 52.6 Å². The van der Waals surface area contributed by atoms with Crippen LogP contribution in [0.4, 0.5) is 11.4 Å². The Morgan fingerprint density at radius 2 is 1.75 bits per heavy atom. The third-order valence-corrected chi connectivity index (χ3v) is 3.31. The number of benzene rings is 2. The van der Waals surface area contributed by atoms with E-state index < -0.39 is 0 Å². The number of phenolic OH excluding ortho intramolecular Hbond substituents is 1. The molecule has 0 bridgehead atoms. The van der Waals surface area contributed by atoms with E-state index in [1.807, 2.05) is 32.9 Å². The number of hydrogen-bond donors (Lipinski definition) is 3. The predicted octanol–water partition coefficient (Wildman–Crippen LogP) is 3.15. The summed E-state index contributed by atoms with van der Waals surface area (Å²) in [6, 6.07) is 8.54. The lowest BCUT2D eigenvalue weighted by Crippen LogP contribution is -2.14. The fourth-order valence-electron chi connectivity index (χ4n) is 1.97. The summed E-state index contributed by atoms with van der Waals surface area (Å²) in [4.78, 5) is 12.2. The van der Waals surface area contributed by atoms with E-state index in [9.17, 15) is 9.90 Å². The molecule has 0 heterocycles. The fourth-order valence-corrected chi connectivity index (χ4v) is 1.97. The van der Waals surface area contributed by atoms with Gasteiger partial charge >= 0.3 is 0 Å². The van der Waals surface area contributed by atoms with Crippen molar-refractivity contribution in [2.75, 3.05) is 11.1 Å². The molecule has 2 rings (SSSR count). The van der Waals surface area contributed by atoms with Crippen LogP contribution in [-0.2, 0) is 0 Å². The van der Waals surface area contributed by atoms with Crippen molar-refractivity contribution < 1.29 is 9.90 Å². The zero-order valence-electron chi connectivity index (χ0n) is 11.8. The number of nitrogen functional groups attached to an aromatic ring is 1. The van der Waals surface area contributed by atoms with E-state index in [0.717, 1.165) is 16.7 Å². The number of nitrogens with two attached hydrogens (primary N) is 1. The lowest BCUT2D eigenvalue weighted by atomic mass is 10.1. The molecule has 0 spiro atoms. The average Bonchev–Trinajstić information content (AvgIpc) is 2.38. The highest BCUT2D eigenvalue weighted by Gasteiger charge is 2.13. The molecule has 0 unspecified atom stereocenters. The van der Waals surface area contributed by atoms with Crippen LogP contribution in [0, 0.1) is 20.8 Å². The number of amides is 1. The summed E-state index contributed by atoms with van der Waals surface area (Å²) >= 11 is 0. The first-order valence-electron chi connectivity index (χ1n) is 6.36. The summed E-state index contributed by atoms with van der Waals surface area (Å²) in [5.74, 6) is -0.420. The first-order valence-corrected chi connectivity index (χ1v) is 6.36.